The molecule has 23 heavy (non-hydrogen) atoms. The fourth-order valence-corrected chi connectivity index (χ4v) is 3.76. The van der Waals surface area contributed by atoms with Gasteiger partial charge in [-0.25, -0.2) is 12.7 Å². The molecule has 7 heteroatoms. The number of carbonyl (C=O) groups excluding carboxylic acids is 1. The van der Waals surface area contributed by atoms with Crippen LogP contribution in [0.1, 0.15) is 30.4 Å². The Bertz CT molecular complexity index is 668. The molecule has 0 aliphatic carbocycles. The predicted molar refractivity (Wildman–Crippen MR) is 92.1 cm³/mol. The van der Waals surface area contributed by atoms with E-state index in [2.05, 4.69) is 5.32 Å². The molecule has 1 saturated heterocycles. The lowest BCUT2D eigenvalue weighted by atomic mass is 10.0. The van der Waals surface area contributed by atoms with Crippen molar-refractivity contribution in [2.75, 3.05) is 19.3 Å². The summed E-state index contributed by atoms with van der Waals surface area (Å²) in [5.74, 6) is -0.000460. The Kier molecular flexibility index (Phi) is 6.06. The minimum Gasteiger partial charge on any atom is -0.353 e. The smallest absolute Gasteiger partial charge is 0.220 e. The van der Waals surface area contributed by atoms with Gasteiger partial charge < -0.3 is 5.32 Å². The minimum absolute atomic E-state index is 0.000460. The number of nitrogens with zero attached hydrogens (tertiary/aromatic N) is 1. The molecule has 0 radical (unpaired) electrons. The molecule has 1 aliphatic rings. The molecule has 1 amide bonds. The molecule has 1 heterocycles. The lowest BCUT2D eigenvalue weighted by Gasteiger charge is -2.30. The van der Waals surface area contributed by atoms with Gasteiger partial charge in [0.2, 0.25) is 15.9 Å². The SMILES string of the molecule is Cc1ccc(CCC(=O)NC2CCN(S(C)(=O)=O)CC2)cc1Cl. The van der Waals surface area contributed by atoms with E-state index >= 15 is 0 Å². The number of nitrogens with one attached hydrogen (secondary N) is 1. The van der Waals surface area contributed by atoms with Gasteiger partial charge in [0.25, 0.3) is 0 Å². The summed E-state index contributed by atoms with van der Waals surface area (Å²) >= 11 is 6.08. The highest BCUT2D eigenvalue weighted by molar-refractivity contribution is 7.88. The van der Waals surface area contributed by atoms with Crippen LogP contribution < -0.4 is 5.32 Å². The maximum Gasteiger partial charge on any atom is 0.220 e. The molecule has 0 spiro atoms. The highest BCUT2D eigenvalue weighted by Crippen LogP contribution is 2.18. The van der Waals surface area contributed by atoms with Gasteiger partial charge in [-0.3, -0.25) is 4.79 Å². The Labute approximate surface area is 143 Å². The number of carbonyl (C=O) groups is 1. The van der Waals surface area contributed by atoms with E-state index in [1.807, 2.05) is 25.1 Å². The third-order valence-corrected chi connectivity index (χ3v) is 5.88. The largest absolute Gasteiger partial charge is 0.353 e. The fraction of sp³-hybridized carbons (Fsp3) is 0.562. The van der Waals surface area contributed by atoms with Crippen molar-refractivity contribution in [3.8, 4) is 0 Å². The molecule has 128 valence electrons. The standard InChI is InChI=1S/C16H23ClN2O3S/c1-12-3-4-13(11-15(12)17)5-6-16(20)18-14-7-9-19(10-8-14)23(2,21)22/h3-4,11,14H,5-10H2,1-2H3,(H,18,20). The van der Waals surface area contributed by atoms with Gasteiger partial charge in [-0.1, -0.05) is 23.7 Å². The van der Waals surface area contributed by atoms with E-state index in [0.717, 1.165) is 16.1 Å². The van der Waals surface area contributed by atoms with Crippen LogP contribution in [0.25, 0.3) is 0 Å². The molecule has 5 nitrogen and oxygen atoms in total. The Morgan fingerprint density at radius 3 is 2.57 bits per heavy atom. The molecule has 0 aromatic heterocycles. The summed E-state index contributed by atoms with van der Waals surface area (Å²) in [7, 11) is -3.12. The second kappa shape index (κ2) is 7.64. The van der Waals surface area contributed by atoms with Crippen LogP contribution >= 0.6 is 11.6 Å². The van der Waals surface area contributed by atoms with Crippen molar-refractivity contribution >= 4 is 27.5 Å². The first kappa shape index (κ1) is 18.2. The summed E-state index contributed by atoms with van der Waals surface area (Å²) < 4.78 is 24.4. The number of hydrogen-bond acceptors (Lipinski definition) is 3. The second-order valence-electron chi connectivity index (χ2n) is 6.09. The number of amides is 1. The van der Waals surface area contributed by atoms with E-state index in [0.29, 0.717) is 38.8 Å². The van der Waals surface area contributed by atoms with E-state index in [-0.39, 0.29) is 11.9 Å². The van der Waals surface area contributed by atoms with Crippen molar-refractivity contribution in [3.63, 3.8) is 0 Å². The lowest BCUT2D eigenvalue weighted by molar-refractivity contribution is -0.122. The van der Waals surface area contributed by atoms with Crippen LogP contribution in [0.4, 0.5) is 0 Å². The topological polar surface area (TPSA) is 66.5 Å². The summed E-state index contributed by atoms with van der Waals surface area (Å²) in [6.07, 6.45) is 3.60. The number of sulfonamides is 1. The summed E-state index contributed by atoms with van der Waals surface area (Å²) in [4.78, 5) is 12.0. The third kappa shape index (κ3) is 5.48. The highest BCUT2D eigenvalue weighted by Gasteiger charge is 2.25. The maximum atomic E-state index is 12.0. The minimum atomic E-state index is -3.12. The zero-order valence-electron chi connectivity index (χ0n) is 13.5. The molecule has 2 rings (SSSR count). The monoisotopic (exact) mass is 358 g/mol. The number of halogens is 1. The molecular formula is C16H23ClN2O3S. The second-order valence-corrected chi connectivity index (χ2v) is 8.48. The fourth-order valence-electron chi connectivity index (χ4n) is 2.68. The van der Waals surface area contributed by atoms with Crippen molar-refractivity contribution in [1.82, 2.24) is 9.62 Å². The normalized spacial score (nSPS) is 17.2. The van der Waals surface area contributed by atoms with E-state index in [1.165, 1.54) is 10.6 Å². The van der Waals surface area contributed by atoms with E-state index in [4.69, 9.17) is 11.6 Å². The van der Waals surface area contributed by atoms with Gasteiger partial charge >= 0.3 is 0 Å². The Morgan fingerprint density at radius 2 is 2.00 bits per heavy atom. The molecule has 0 saturated carbocycles. The van der Waals surface area contributed by atoms with Gasteiger partial charge in [0, 0.05) is 30.6 Å². The molecular weight excluding hydrogens is 336 g/mol. The summed E-state index contributed by atoms with van der Waals surface area (Å²) in [5.41, 5.74) is 2.07. The van der Waals surface area contributed by atoms with Crippen LogP contribution in [-0.2, 0) is 21.2 Å². The predicted octanol–water partition coefficient (Wildman–Crippen LogP) is 2.12. The van der Waals surface area contributed by atoms with E-state index in [1.54, 1.807) is 0 Å². The lowest BCUT2D eigenvalue weighted by Crippen LogP contribution is -2.46. The number of benzene rings is 1. The average molecular weight is 359 g/mol. The molecule has 1 aromatic rings. The van der Waals surface area contributed by atoms with Crippen molar-refractivity contribution in [3.05, 3.63) is 34.3 Å². The highest BCUT2D eigenvalue weighted by atomic mass is 35.5. The van der Waals surface area contributed by atoms with Gasteiger partial charge in [0.05, 0.1) is 6.26 Å². The maximum absolute atomic E-state index is 12.0. The van der Waals surface area contributed by atoms with Crippen LogP contribution in [0, 0.1) is 6.92 Å². The zero-order valence-corrected chi connectivity index (χ0v) is 15.1. The molecule has 1 fully saturated rings. The van der Waals surface area contributed by atoms with Crippen LogP contribution in [0.3, 0.4) is 0 Å². The van der Waals surface area contributed by atoms with Gasteiger partial charge in [-0.05, 0) is 43.4 Å². The summed E-state index contributed by atoms with van der Waals surface area (Å²) in [6, 6.07) is 5.90. The molecule has 0 bridgehead atoms. The molecule has 1 N–H and O–H groups in total. The Morgan fingerprint density at radius 1 is 1.35 bits per heavy atom. The van der Waals surface area contributed by atoms with Crippen LogP contribution in [-0.4, -0.2) is 44.0 Å². The average Bonchev–Trinajstić information content (AvgIpc) is 2.48. The van der Waals surface area contributed by atoms with Gasteiger partial charge in [-0.15, -0.1) is 0 Å². The Balaban J connectivity index is 1.76. The van der Waals surface area contributed by atoms with Crippen LogP contribution in [0.5, 0.6) is 0 Å². The number of piperidine rings is 1. The first-order valence-corrected chi connectivity index (χ1v) is 9.98. The number of rotatable bonds is 5. The molecule has 1 aromatic carbocycles. The van der Waals surface area contributed by atoms with Crippen molar-refractivity contribution < 1.29 is 13.2 Å². The van der Waals surface area contributed by atoms with Crippen LogP contribution in [0.15, 0.2) is 18.2 Å². The number of hydrogen-bond donors (Lipinski definition) is 1. The van der Waals surface area contributed by atoms with Crippen molar-refractivity contribution in [2.24, 2.45) is 0 Å². The first-order chi connectivity index (χ1) is 10.8. The first-order valence-electron chi connectivity index (χ1n) is 7.75. The van der Waals surface area contributed by atoms with Crippen LogP contribution in [0.2, 0.25) is 5.02 Å². The van der Waals surface area contributed by atoms with Gasteiger partial charge in [-0.2, -0.15) is 0 Å². The molecule has 1 aliphatic heterocycles. The summed E-state index contributed by atoms with van der Waals surface area (Å²) in [6.45, 7) is 2.89. The van der Waals surface area contributed by atoms with Crippen molar-refractivity contribution in [1.29, 1.82) is 0 Å². The summed E-state index contributed by atoms with van der Waals surface area (Å²) in [5, 5.41) is 3.71. The Hall–Kier alpha value is -1.11. The van der Waals surface area contributed by atoms with E-state index in [9.17, 15) is 13.2 Å². The molecule has 0 unspecified atom stereocenters. The third-order valence-electron chi connectivity index (χ3n) is 4.17. The quantitative estimate of drug-likeness (QED) is 0.876. The van der Waals surface area contributed by atoms with Gasteiger partial charge in [0.1, 0.15) is 0 Å². The van der Waals surface area contributed by atoms with E-state index < -0.39 is 10.0 Å². The van der Waals surface area contributed by atoms with Crippen molar-refractivity contribution in [2.45, 2.75) is 38.6 Å². The zero-order chi connectivity index (χ0) is 17.0. The number of aryl methyl sites for hydroxylation is 2. The molecule has 0 atom stereocenters. The van der Waals surface area contributed by atoms with Gasteiger partial charge in [0.15, 0.2) is 0 Å².